The second kappa shape index (κ2) is 6.05. The van der Waals surface area contributed by atoms with Crippen LogP contribution in [0.15, 0.2) is 24.4 Å². The van der Waals surface area contributed by atoms with Crippen LogP contribution in [0.3, 0.4) is 0 Å². The summed E-state index contributed by atoms with van der Waals surface area (Å²) in [5, 5.41) is 11.3. The zero-order valence-corrected chi connectivity index (χ0v) is 13.1. The van der Waals surface area contributed by atoms with E-state index >= 15 is 0 Å². The highest BCUT2D eigenvalue weighted by atomic mass is 32.1. The van der Waals surface area contributed by atoms with Crippen molar-refractivity contribution in [2.45, 2.75) is 27.3 Å². The van der Waals surface area contributed by atoms with Gasteiger partial charge < -0.3 is 10.6 Å². The maximum atomic E-state index is 5.34. The minimum absolute atomic E-state index is 0.627. The fraction of sp³-hybridized carbons (Fsp3) is 0.333. The summed E-state index contributed by atoms with van der Waals surface area (Å²) in [6, 6.07) is 6.15. The van der Waals surface area contributed by atoms with Crippen LogP contribution in [-0.2, 0) is 13.6 Å². The van der Waals surface area contributed by atoms with E-state index in [0.717, 1.165) is 16.9 Å². The molecule has 106 valence electrons. The van der Waals surface area contributed by atoms with Gasteiger partial charge in [-0.05, 0) is 50.2 Å². The molecule has 1 heterocycles. The van der Waals surface area contributed by atoms with E-state index in [1.54, 1.807) is 0 Å². The van der Waals surface area contributed by atoms with Crippen LogP contribution in [0.5, 0.6) is 0 Å². The Bertz CT molecular complexity index is 631. The normalized spacial score (nSPS) is 10.4. The van der Waals surface area contributed by atoms with Crippen LogP contribution in [0, 0.1) is 20.8 Å². The molecule has 5 heteroatoms. The molecule has 0 saturated carbocycles. The van der Waals surface area contributed by atoms with Crippen molar-refractivity contribution in [2.75, 3.05) is 5.32 Å². The molecule has 1 aromatic heterocycles. The van der Waals surface area contributed by atoms with Gasteiger partial charge in [0.2, 0.25) is 0 Å². The number of nitrogens with zero attached hydrogens (tertiary/aromatic N) is 2. The van der Waals surface area contributed by atoms with Crippen LogP contribution in [-0.4, -0.2) is 14.9 Å². The fourth-order valence-electron chi connectivity index (χ4n) is 1.95. The Hall–Kier alpha value is -1.88. The summed E-state index contributed by atoms with van der Waals surface area (Å²) < 4.78 is 1.86. The van der Waals surface area contributed by atoms with Crippen LogP contribution in [0.2, 0.25) is 0 Å². The molecule has 0 aliphatic carbocycles. The first-order valence-electron chi connectivity index (χ1n) is 6.57. The molecule has 0 atom stereocenters. The van der Waals surface area contributed by atoms with Crippen molar-refractivity contribution in [1.82, 2.24) is 15.1 Å². The number of thiocarbonyl (C=S) groups is 1. The molecular weight excluding hydrogens is 268 g/mol. The summed E-state index contributed by atoms with van der Waals surface area (Å²) in [4.78, 5) is 0. The van der Waals surface area contributed by atoms with Crippen LogP contribution < -0.4 is 10.6 Å². The Morgan fingerprint density at radius 2 is 2.05 bits per heavy atom. The van der Waals surface area contributed by atoms with Crippen molar-refractivity contribution in [3.63, 3.8) is 0 Å². The van der Waals surface area contributed by atoms with Gasteiger partial charge in [0, 0.05) is 30.5 Å². The standard InChI is InChI=1S/C15H20N4S/c1-10-6-5-7-14(11(10)2)18-15(20)16-8-13-9-17-19(4)12(13)3/h5-7,9H,8H2,1-4H3,(H2,16,18,20). The molecule has 0 bridgehead atoms. The molecule has 2 N–H and O–H groups in total. The summed E-state index contributed by atoms with van der Waals surface area (Å²) in [5.74, 6) is 0. The Kier molecular flexibility index (Phi) is 4.39. The lowest BCUT2D eigenvalue weighted by Crippen LogP contribution is -2.28. The van der Waals surface area contributed by atoms with E-state index in [1.807, 2.05) is 37.0 Å². The highest BCUT2D eigenvalue weighted by Gasteiger charge is 2.06. The van der Waals surface area contributed by atoms with Gasteiger partial charge in [0.05, 0.1) is 6.20 Å². The first kappa shape index (κ1) is 14.5. The average Bonchev–Trinajstić information content (AvgIpc) is 2.73. The molecule has 0 aliphatic heterocycles. The molecule has 0 saturated heterocycles. The molecule has 2 aromatic rings. The molecule has 0 radical (unpaired) electrons. The Morgan fingerprint density at radius 1 is 1.30 bits per heavy atom. The average molecular weight is 288 g/mol. The Balaban J connectivity index is 1.96. The number of nitrogens with one attached hydrogen (secondary N) is 2. The molecule has 0 unspecified atom stereocenters. The van der Waals surface area contributed by atoms with Crippen molar-refractivity contribution in [3.05, 3.63) is 46.8 Å². The third-order valence-electron chi connectivity index (χ3n) is 3.63. The smallest absolute Gasteiger partial charge is 0.171 e. The highest BCUT2D eigenvalue weighted by Crippen LogP contribution is 2.17. The molecule has 0 spiro atoms. The van der Waals surface area contributed by atoms with Crippen molar-refractivity contribution >= 4 is 23.0 Å². The maximum Gasteiger partial charge on any atom is 0.171 e. The summed E-state index contributed by atoms with van der Waals surface area (Å²) >= 11 is 5.34. The number of aryl methyl sites for hydroxylation is 2. The lowest BCUT2D eigenvalue weighted by atomic mass is 10.1. The number of hydrogen-bond acceptors (Lipinski definition) is 2. The third kappa shape index (κ3) is 3.17. The largest absolute Gasteiger partial charge is 0.358 e. The van der Waals surface area contributed by atoms with Crippen molar-refractivity contribution in [3.8, 4) is 0 Å². The molecule has 0 fully saturated rings. The SMILES string of the molecule is Cc1cccc(NC(=S)NCc2cnn(C)c2C)c1C. The van der Waals surface area contributed by atoms with Gasteiger partial charge in [0.25, 0.3) is 0 Å². The first-order chi connectivity index (χ1) is 9.49. The zero-order valence-electron chi connectivity index (χ0n) is 12.3. The van der Waals surface area contributed by atoms with Crippen LogP contribution in [0.4, 0.5) is 5.69 Å². The van der Waals surface area contributed by atoms with Gasteiger partial charge in [-0.25, -0.2) is 0 Å². The van der Waals surface area contributed by atoms with Crippen LogP contribution in [0.25, 0.3) is 0 Å². The van der Waals surface area contributed by atoms with E-state index in [-0.39, 0.29) is 0 Å². The quantitative estimate of drug-likeness (QED) is 0.852. The van der Waals surface area contributed by atoms with Gasteiger partial charge in [-0.15, -0.1) is 0 Å². The lowest BCUT2D eigenvalue weighted by molar-refractivity contribution is 0.736. The van der Waals surface area contributed by atoms with Crippen molar-refractivity contribution < 1.29 is 0 Å². The van der Waals surface area contributed by atoms with E-state index in [2.05, 4.69) is 35.6 Å². The van der Waals surface area contributed by atoms with Crippen molar-refractivity contribution in [1.29, 1.82) is 0 Å². The van der Waals surface area contributed by atoms with Gasteiger partial charge in [0.15, 0.2) is 5.11 Å². The second-order valence-electron chi connectivity index (χ2n) is 4.93. The number of benzene rings is 1. The Labute approximate surface area is 125 Å². The van der Waals surface area contributed by atoms with Crippen LogP contribution in [0.1, 0.15) is 22.4 Å². The highest BCUT2D eigenvalue weighted by molar-refractivity contribution is 7.80. The molecule has 1 aromatic carbocycles. The number of hydrogen-bond donors (Lipinski definition) is 2. The minimum Gasteiger partial charge on any atom is -0.358 e. The van der Waals surface area contributed by atoms with Gasteiger partial charge in [-0.2, -0.15) is 5.10 Å². The van der Waals surface area contributed by atoms with Gasteiger partial charge >= 0.3 is 0 Å². The van der Waals surface area contributed by atoms with E-state index in [0.29, 0.717) is 11.7 Å². The molecule has 4 nitrogen and oxygen atoms in total. The van der Waals surface area contributed by atoms with Crippen molar-refractivity contribution in [2.24, 2.45) is 7.05 Å². The second-order valence-corrected chi connectivity index (χ2v) is 5.34. The van der Waals surface area contributed by atoms with E-state index in [4.69, 9.17) is 12.2 Å². The summed E-state index contributed by atoms with van der Waals surface area (Å²) in [5.41, 5.74) is 5.81. The fourth-order valence-corrected chi connectivity index (χ4v) is 2.13. The van der Waals surface area contributed by atoms with Gasteiger partial charge in [-0.3, -0.25) is 4.68 Å². The first-order valence-corrected chi connectivity index (χ1v) is 6.98. The minimum atomic E-state index is 0.627. The van der Waals surface area contributed by atoms with Gasteiger partial charge in [-0.1, -0.05) is 12.1 Å². The number of anilines is 1. The molecule has 20 heavy (non-hydrogen) atoms. The monoisotopic (exact) mass is 288 g/mol. The Morgan fingerprint density at radius 3 is 2.70 bits per heavy atom. The molecule has 0 aliphatic rings. The van der Waals surface area contributed by atoms with E-state index in [9.17, 15) is 0 Å². The van der Waals surface area contributed by atoms with E-state index in [1.165, 1.54) is 11.1 Å². The topological polar surface area (TPSA) is 41.9 Å². The number of rotatable bonds is 3. The predicted molar refractivity (Wildman–Crippen MR) is 86.9 cm³/mol. The predicted octanol–water partition coefficient (Wildman–Crippen LogP) is 2.83. The number of aromatic nitrogens is 2. The maximum absolute atomic E-state index is 5.34. The summed E-state index contributed by atoms with van der Waals surface area (Å²) in [6.45, 7) is 6.91. The summed E-state index contributed by atoms with van der Waals surface area (Å²) in [6.07, 6.45) is 1.86. The van der Waals surface area contributed by atoms with Crippen LogP contribution >= 0.6 is 12.2 Å². The molecular formula is C15H20N4S. The van der Waals surface area contributed by atoms with E-state index < -0.39 is 0 Å². The summed E-state index contributed by atoms with van der Waals surface area (Å²) in [7, 11) is 1.94. The van der Waals surface area contributed by atoms with Gasteiger partial charge in [0.1, 0.15) is 0 Å². The third-order valence-corrected chi connectivity index (χ3v) is 3.88. The zero-order chi connectivity index (χ0) is 14.7. The molecule has 2 rings (SSSR count). The molecule has 0 amide bonds. The lowest BCUT2D eigenvalue weighted by Gasteiger charge is -2.13.